The van der Waals surface area contributed by atoms with Crippen molar-refractivity contribution >= 4 is 12.4 Å². The SMILES string of the molecule is COCc1nc(C2CCCCN2)n[nH]1.Cl. The van der Waals surface area contributed by atoms with Gasteiger partial charge in [0.15, 0.2) is 11.6 Å². The summed E-state index contributed by atoms with van der Waals surface area (Å²) in [7, 11) is 1.65. The first-order valence-electron chi connectivity index (χ1n) is 5.03. The fraction of sp³-hybridized carbons (Fsp3) is 0.778. The maximum Gasteiger partial charge on any atom is 0.167 e. The predicted octanol–water partition coefficient (Wildman–Crippen LogP) is 1.19. The average molecular weight is 233 g/mol. The van der Waals surface area contributed by atoms with Gasteiger partial charge in [0.1, 0.15) is 6.61 Å². The van der Waals surface area contributed by atoms with Gasteiger partial charge in [-0.05, 0) is 19.4 Å². The van der Waals surface area contributed by atoms with E-state index < -0.39 is 0 Å². The Morgan fingerprint density at radius 1 is 1.47 bits per heavy atom. The lowest BCUT2D eigenvalue weighted by Crippen LogP contribution is -2.27. The zero-order valence-electron chi connectivity index (χ0n) is 8.82. The van der Waals surface area contributed by atoms with Crippen LogP contribution in [0.3, 0.4) is 0 Å². The Kier molecular flexibility index (Phi) is 5.01. The molecular formula is C9H17ClN4O. The molecule has 0 aromatic carbocycles. The zero-order chi connectivity index (χ0) is 9.80. The zero-order valence-corrected chi connectivity index (χ0v) is 9.64. The van der Waals surface area contributed by atoms with Gasteiger partial charge in [-0.15, -0.1) is 12.4 Å². The maximum atomic E-state index is 4.97. The molecule has 1 aromatic heterocycles. The quantitative estimate of drug-likeness (QED) is 0.822. The third kappa shape index (κ3) is 3.15. The van der Waals surface area contributed by atoms with Crippen molar-refractivity contribution < 1.29 is 4.74 Å². The number of nitrogens with one attached hydrogen (secondary N) is 2. The number of hydrogen-bond acceptors (Lipinski definition) is 4. The number of methoxy groups -OCH3 is 1. The van der Waals surface area contributed by atoms with Gasteiger partial charge in [0, 0.05) is 7.11 Å². The average Bonchev–Trinajstić information content (AvgIpc) is 2.68. The molecule has 0 saturated carbocycles. The molecule has 1 aliphatic heterocycles. The van der Waals surface area contributed by atoms with Crippen LogP contribution >= 0.6 is 12.4 Å². The monoisotopic (exact) mass is 232 g/mol. The highest BCUT2D eigenvalue weighted by Gasteiger charge is 2.18. The summed E-state index contributed by atoms with van der Waals surface area (Å²) in [6.07, 6.45) is 3.64. The van der Waals surface area contributed by atoms with Gasteiger partial charge in [0.25, 0.3) is 0 Å². The largest absolute Gasteiger partial charge is 0.377 e. The van der Waals surface area contributed by atoms with Crippen molar-refractivity contribution in [3.63, 3.8) is 0 Å². The lowest BCUT2D eigenvalue weighted by atomic mass is 10.0. The van der Waals surface area contributed by atoms with Crippen molar-refractivity contribution in [3.05, 3.63) is 11.6 Å². The van der Waals surface area contributed by atoms with E-state index in [9.17, 15) is 0 Å². The molecule has 0 radical (unpaired) electrons. The molecule has 1 aromatic rings. The summed E-state index contributed by atoms with van der Waals surface area (Å²) in [6.45, 7) is 1.57. The highest BCUT2D eigenvalue weighted by atomic mass is 35.5. The van der Waals surface area contributed by atoms with Crippen LogP contribution in [0.5, 0.6) is 0 Å². The molecular weight excluding hydrogens is 216 g/mol. The van der Waals surface area contributed by atoms with E-state index >= 15 is 0 Å². The number of nitrogens with zero attached hydrogens (tertiary/aromatic N) is 2. The summed E-state index contributed by atoms with van der Waals surface area (Å²) in [5, 5.41) is 10.5. The van der Waals surface area contributed by atoms with Gasteiger partial charge in [-0.25, -0.2) is 4.98 Å². The topological polar surface area (TPSA) is 62.8 Å². The van der Waals surface area contributed by atoms with Crippen molar-refractivity contribution in [1.29, 1.82) is 0 Å². The number of hydrogen-bond donors (Lipinski definition) is 2. The maximum absolute atomic E-state index is 4.97. The Balaban J connectivity index is 0.00000112. The molecule has 2 N–H and O–H groups in total. The van der Waals surface area contributed by atoms with Crippen molar-refractivity contribution in [2.45, 2.75) is 31.9 Å². The van der Waals surface area contributed by atoms with Crippen molar-refractivity contribution in [1.82, 2.24) is 20.5 Å². The fourth-order valence-electron chi connectivity index (χ4n) is 1.74. The first-order chi connectivity index (χ1) is 6.90. The third-order valence-electron chi connectivity index (χ3n) is 2.45. The summed E-state index contributed by atoms with van der Waals surface area (Å²) in [5.41, 5.74) is 0. The van der Waals surface area contributed by atoms with Gasteiger partial charge in [-0.3, -0.25) is 5.10 Å². The van der Waals surface area contributed by atoms with Gasteiger partial charge in [-0.1, -0.05) is 6.42 Å². The summed E-state index contributed by atoms with van der Waals surface area (Å²) < 4.78 is 4.97. The molecule has 0 spiro atoms. The van der Waals surface area contributed by atoms with Crippen molar-refractivity contribution in [2.75, 3.05) is 13.7 Å². The molecule has 6 heteroatoms. The van der Waals surface area contributed by atoms with Crippen LogP contribution in [0.15, 0.2) is 0 Å². The highest BCUT2D eigenvalue weighted by Crippen LogP contribution is 2.19. The van der Waals surface area contributed by atoms with E-state index in [1.807, 2.05) is 0 Å². The minimum Gasteiger partial charge on any atom is -0.377 e. The van der Waals surface area contributed by atoms with E-state index in [0.29, 0.717) is 12.6 Å². The number of H-pyrrole nitrogens is 1. The minimum atomic E-state index is 0. The Bertz CT molecular complexity index is 285. The normalized spacial score (nSPS) is 21.0. The fourth-order valence-corrected chi connectivity index (χ4v) is 1.74. The summed E-state index contributed by atoms with van der Waals surface area (Å²) in [6, 6.07) is 0.325. The molecule has 2 rings (SSSR count). The molecule has 1 unspecified atom stereocenters. The first kappa shape index (κ1) is 12.4. The van der Waals surface area contributed by atoms with E-state index in [1.165, 1.54) is 12.8 Å². The highest BCUT2D eigenvalue weighted by molar-refractivity contribution is 5.85. The van der Waals surface area contributed by atoms with Crippen LogP contribution in [0.25, 0.3) is 0 Å². The molecule has 0 aliphatic carbocycles. The van der Waals surface area contributed by atoms with Crippen LogP contribution in [0.1, 0.15) is 37.0 Å². The van der Waals surface area contributed by atoms with Crippen LogP contribution in [-0.4, -0.2) is 28.8 Å². The first-order valence-corrected chi connectivity index (χ1v) is 5.03. The lowest BCUT2D eigenvalue weighted by molar-refractivity contribution is 0.178. The number of aromatic amines is 1. The molecule has 1 aliphatic rings. The van der Waals surface area contributed by atoms with E-state index in [1.54, 1.807) is 7.11 Å². The van der Waals surface area contributed by atoms with Crippen molar-refractivity contribution in [3.8, 4) is 0 Å². The van der Waals surface area contributed by atoms with Crippen LogP contribution in [-0.2, 0) is 11.3 Å². The van der Waals surface area contributed by atoms with E-state index in [2.05, 4.69) is 20.5 Å². The Morgan fingerprint density at radius 3 is 3.00 bits per heavy atom. The smallest absolute Gasteiger partial charge is 0.167 e. The van der Waals surface area contributed by atoms with Crippen LogP contribution in [0, 0.1) is 0 Å². The van der Waals surface area contributed by atoms with Crippen LogP contribution in [0.2, 0.25) is 0 Å². The number of halogens is 1. The summed E-state index contributed by atoms with van der Waals surface area (Å²) >= 11 is 0. The Labute approximate surface area is 95.4 Å². The molecule has 1 atom stereocenters. The van der Waals surface area contributed by atoms with E-state index in [-0.39, 0.29) is 12.4 Å². The third-order valence-corrected chi connectivity index (χ3v) is 2.45. The molecule has 15 heavy (non-hydrogen) atoms. The molecule has 1 saturated heterocycles. The number of aromatic nitrogens is 3. The van der Waals surface area contributed by atoms with E-state index in [0.717, 1.165) is 24.6 Å². The standard InChI is InChI=1S/C9H16N4O.ClH/c1-14-6-8-11-9(13-12-8)7-4-2-3-5-10-7;/h7,10H,2-6H2,1H3,(H,11,12,13);1H. The summed E-state index contributed by atoms with van der Waals surface area (Å²) in [5.74, 6) is 1.67. The van der Waals surface area contributed by atoms with E-state index in [4.69, 9.17) is 4.74 Å². The molecule has 5 nitrogen and oxygen atoms in total. The van der Waals surface area contributed by atoms with Gasteiger partial charge < -0.3 is 10.1 Å². The second kappa shape index (κ2) is 6.05. The van der Waals surface area contributed by atoms with Gasteiger partial charge in [-0.2, -0.15) is 5.10 Å². The Morgan fingerprint density at radius 2 is 2.33 bits per heavy atom. The number of rotatable bonds is 3. The molecule has 0 bridgehead atoms. The van der Waals surface area contributed by atoms with Crippen LogP contribution in [0.4, 0.5) is 0 Å². The van der Waals surface area contributed by atoms with Gasteiger partial charge >= 0.3 is 0 Å². The second-order valence-electron chi connectivity index (χ2n) is 3.58. The van der Waals surface area contributed by atoms with Crippen molar-refractivity contribution in [2.24, 2.45) is 0 Å². The second-order valence-corrected chi connectivity index (χ2v) is 3.58. The number of ether oxygens (including phenoxy) is 1. The van der Waals surface area contributed by atoms with Crippen LogP contribution < -0.4 is 5.32 Å². The molecule has 1 fully saturated rings. The molecule has 0 amide bonds. The Hall–Kier alpha value is -0.650. The molecule has 86 valence electrons. The summed E-state index contributed by atoms with van der Waals surface area (Å²) in [4.78, 5) is 4.37. The predicted molar refractivity (Wildman–Crippen MR) is 58.9 cm³/mol. The van der Waals surface area contributed by atoms with Gasteiger partial charge in [0.2, 0.25) is 0 Å². The molecule has 2 heterocycles. The van der Waals surface area contributed by atoms with Gasteiger partial charge in [0.05, 0.1) is 6.04 Å². The minimum absolute atomic E-state index is 0. The number of piperidine rings is 1. The lowest BCUT2D eigenvalue weighted by Gasteiger charge is -2.20.